The van der Waals surface area contributed by atoms with Gasteiger partial charge in [0, 0.05) is 0 Å². The second-order valence-electron chi connectivity index (χ2n) is 7.73. The molecule has 1 atom stereocenters. The van der Waals surface area contributed by atoms with Gasteiger partial charge >= 0.3 is 166 Å². The summed E-state index contributed by atoms with van der Waals surface area (Å²) in [5.41, 5.74) is 9.33. The van der Waals surface area contributed by atoms with Crippen molar-refractivity contribution < 1.29 is 20.9 Å². The first kappa shape index (κ1) is 16.7. The van der Waals surface area contributed by atoms with Crippen molar-refractivity contribution in [1.82, 2.24) is 0 Å². The van der Waals surface area contributed by atoms with Crippen molar-refractivity contribution in [3.05, 3.63) is 101 Å². The molecule has 0 heterocycles. The molecule has 0 fully saturated rings. The van der Waals surface area contributed by atoms with Gasteiger partial charge in [0.1, 0.15) is 0 Å². The van der Waals surface area contributed by atoms with E-state index in [1.165, 1.54) is 16.7 Å². The van der Waals surface area contributed by atoms with Gasteiger partial charge in [-0.1, -0.05) is 0 Å². The van der Waals surface area contributed by atoms with Crippen LogP contribution in [-0.4, -0.2) is 5.92 Å². The third-order valence-electron chi connectivity index (χ3n) is 5.99. The van der Waals surface area contributed by atoms with Crippen LogP contribution < -0.4 is 0 Å². The molecule has 1 unspecified atom stereocenters. The number of hydrogen-bond donors (Lipinski definition) is 0. The van der Waals surface area contributed by atoms with Gasteiger partial charge in [-0.2, -0.15) is 0 Å². The van der Waals surface area contributed by atoms with E-state index < -0.39 is 26.8 Å². The SMILES string of the molecule is C[SiH](C)[Zr]([CH]1C=Cc2ccccc21)[CH]1c2ccccc2-c2ccccc21. The van der Waals surface area contributed by atoms with Crippen molar-refractivity contribution in [3.8, 4) is 11.1 Å². The van der Waals surface area contributed by atoms with Gasteiger partial charge in [-0.15, -0.1) is 0 Å². The predicted octanol–water partition coefficient (Wildman–Crippen LogP) is 6.13. The van der Waals surface area contributed by atoms with Gasteiger partial charge in [0.15, 0.2) is 0 Å². The number of allylic oxidation sites excluding steroid dienone is 1. The van der Waals surface area contributed by atoms with Gasteiger partial charge in [-0.05, 0) is 0 Å². The van der Waals surface area contributed by atoms with Crippen LogP contribution >= 0.6 is 0 Å². The molecule has 2 heteroatoms. The molecule has 0 bridgehead atoms. The van der Waals surface area contributed by atoms with Crippen molar-refractivity contribution in [3.63, 3.8) is 0 Å². The normalized spacial score (nSPS) is 17.3. The van der Waals surface area contributed by atoms with Crippen LogP contribution in [0.3, 0.4) is 0 Å². The Morgan fingerprint density at radius 1 is 0.692 bits per heavy atom. The number of rotatable bonds is 3. The molecule has 0 radical (unpaired) electrons. The molecule has 3 aromatic rings. The maximum atomic E-state index is 2.62. The summed E-state index contributed by atoms with van der Waals surface area (Å²) < 4.78 is 1.46. The molecule has 0 saturated carbocycles. The van der Waals surface area contributed by atoms with Crippen LogP contribution in [0.4, 0.5) is 0 Å². The maximum absolute atomic E-state index is 2.62. The third-order valence-corrected chi connectivity index (χ3v) is 27.4. The molecule has 0 nitrogen and oxygen atoms in total. The molecular formula is C24H23SiZr. The molecule has 5 rings (SSSR count). The Morgan fingerprint density at radius 3 is 1.85 bits per heavy atom. The van der Waals surface area contributed by atoms with Crippen LogP contribution in [-0.2, 0) is 20.9 Å². The van der Waals surface area contributed by atoms with E-state index in [9.17, 15) is 0 Å². The quantitative estimate of drug-likeness (QED) is 0.439. The molecule has 0 spiro atoms. The minimum atomic E-state index is -1.81. The van der Waals surface area contributed by atoms with Gasteiger partial charge < -0.3 is 0 Å². The summed E-state index contributed by atoms with van der Waals surface area (Å²) in [5.74, 6) is -0.723. The topological polar surface area (TPSA) is 0 Å². The van der Waals surface area contributed by atoms with Gasteiger partial charge in [0.05, 0.1) is 0 Å². The van der Waals surface area contributed by atoms with E-state index in [1.54, 1.807) is 16.7 Å². The molecule has 3 aromatic carbocycles. The first-order valence-corrected chi connectivity index (χ1v) is 19.6. The number of fused-ring (bicyclic) bond motifs is 4. The van der Waals surface area contributed by atoms with Crippen LogP contribution in [0.25, 0.3) is 17.2 Å². The van der Waals surface area contributed by atoms with Crippen LogP contribution in [0.15, 0.2) is 78.9 Å². The fourth-order valence-corrected chi connectivity index (χ4v) is 26.6. The zero-order chi connectivity index (χ0) is 17.7. The van der Waals surface area contributed by atoms with E-state index in [2.05, 4.69) is 98.0 Å². The summed E-state index contributed by atoms with van der Waals surface area (Å²) in [5, 5.41) is 0. The van der Waals surface area contributed by atoms with E-state index in [1.807, 2.05) is 0 Å². The van der Waals surface area contributed by atoms with Crippen LogP contribution in [0.1, 0.15) is 29.5 Å². The number of benzene rings is 3. The molecule has 2 aliphatic rings. The van der Waals surface area contributed by atoms with Crippen molar-refractivity contribution in [1.29, 1.82) is 0 Å². The average Bonchev–Trinajstić information content (AvgIpc) is 3.23. The standard InChI is InChI=1S/C13H9.C9H7.C2H7Si.Zr/c1-3-7-12-10(5-1)9-11-6-2-4-8-13(11)12;1-2-5-9-7-3-6-8(9)4-1;1-3-2;/h1-9H;1-7H;3H,1-2H3;. The van der Waals surface area contributed by atoms with Crippen LogP contribution in [0.5, 0.6) is 0 Å². The Hall–Kier alpha value is -1.50. The van der Waals surface area contributed by atoms with Crippen molar-refractivity contribution >= 4 is 12.0 Å². The van der Waals surface area contributed by atoms with E-state index in [0.717, 1.165) is 7.25 Å². The minimum absolute atomic E-state index is 0.720. The molecule has 0 aliphatic heterocycles. The van der Waals surface area contributed by atoms with E-state index >= 15 is 0 Å². The molecule has 0 saturated heterocycles. The molecular weight excluding hydrogens is 408 g/mol. The fourth-order valence-electron chi connectivity index (χ4n) is 4.93. The first-order chi connectivity index (χ1) is 12.8. The summed E-state index contributed by atoms with van der Waals surface area (Å²) >= 11 is -1.81. The van der Waals surface area contributed by atoms with Crippen LogP contribution in [0.2, 0.25) is 13.1 Å². The summed E-state index contributed by atoms with van der Waals surface area (Å²) in [6, 6.07) is 27.5. The average molecular weight is 431 g/mol. The van der Waals surface area contributed by atoms with E-state index in [-0.39, 0.29) is 0 Å². The number of hydrogen-bond acceptors (Lipinski definition) is 0. The van der Waals surface area contributed by atoms with E-state index in [0.29, 0.717) is 0 Å². The van der Waals surface area contributed by atoms with Crippen molar-refractivity contribution in [2.45, 2.75) is 20.3 Å². The Balaban J connectivity index is 1.69. The van der Waals surface area contributed by atoms with Crippen LogP contribution in [0, 0.1) is 0 Å². The van der Waals surface area contributed by atoms with Gasteiger partial charge in [0.25, 0.3) is 0 Å². The predicted molar refractivity (Wildman–Crippen MR) is 111 cm³/mol. The van der Waals surface area contributed by atoms with Crippen molar-refractivity contribution in [2.75, 3.05) is 0 Å². The second-order valence-corrected chi connectivity index (χ2v) is 27.9. The second kappa shape index (κ2) is 6.59. The van der Waals surface area contributed by atoms with Gasteiger partial charge in [-0.25, -0.2) is 0 Å². The molecule has 26 heavy (non-hydrogen) atoms. The van der Waals surface area contributed by atoms with Crippen molar-refractivity contribution in [2.24, 2.45) is 0 Å². The van der Waals surface area contributed by atoms with Gasteiger partial charge in [0.2, 0.25) is 0 Å². The fraction of sp³-hybridized carbons (Fsp3) is 0.167. The summed E-state index contributed by atoms with van der Waals surface area (Å²) in [6.07, 6.45) is 4.96. The summed E-state index contributed by atoms with van der Waals surface area (Å²) in [7, 11) is 0. The Bertz CT molecular complexity index is 959. The summed E-state index contributed by atoms with van der Waals surface area (Å²) in [6.45, 7) is 5.24. The van der Waals surface area contributed by atoms with E-state index in [4.69, 9.17) is 0 Å². The first-order valence-electron chi connectivity index (χ1n) is 9.57. The summed E-state index contributed by atoms with van der Waals surface area (Å²) in [4.78, 5) is 0. The molecule has 0 N–H and O–H groups in total. The molecule has 0 amide bonds. The Kier molecular flexibility index (Phi) is 4.22. The molecule has 0 aromatic heterocycles. The monoisotopic (exact) mass is 429 g/mol. The molecule has 127 valence electrons. The van der Waals surface area contributed by atoms with Gasteiger partial charge in [-0.3, -0.25) is 0 Å². The third kappa shape index (κ3) is 2.50. The Morgan fingerprint density at radius 2 is 1.23 bits per heavy atom. The zero-order valence-electron chi connectivity index (χ0n) is 15.3. The molecule has 2 aliphatic carbocycles. The zero-order valence-corrected chi connectivity index (χ0v) is 18.9. The Labute approximate surface area is 164 Å².